The van der Waals surface area contributed by atoms with Gasteiger partial charge in [0.2, 0.25) is 0 Å². The Morgan fingerprint density at radius 1 is 1.38 bits per heavy atom. The number of nitrogens with one attached hydrogen (secondary N) is 1. The number of aromatic nitrogens is 2. The Bertz CT molecular complexity index is 436. The van der Waals surface area contributed by atoms with Crippen LogP contribution in [0.25, 0.3) is 0 Å². The first kappa shape index (κ1) is 16.5. The van der Waals surface area contributed by atoms with Crippen molar-refractivity contribution < 1.29 is 4.74 Å². The molecule has 1 fully saturated rings. The molecule has 0 radical (unpaired) electrons. The molecule has 0 atom stereocenters. The summed E-state index contributed by atoms with van der Waals surface area (Å²) < 4.78 is 5.32. The summed E-state index contributed by atoms with van der Waals surface area (Å²) in [6.07, 6.45) is 2.61. The highest BCUT2D eigenvalue weighted by molar-refractivity contribution is 6.29. The first-order valence-electron chi connectivity index (χ1n) is 7.74. The molecule has 1 saturated heterocycles. The fourth-order valence-electron chi connectivity index (χ4n) is 2.44. The molecular formula is C15H25ClN4O. The summed E-state index contributed by atoms with van der Waals surface area (Å²) >= 11 is 6.02. The normalized spacial score (nSPS) is 17.1. The molecule has 0 spiro atoms. The van der Waals surface area contributed by atoms with Crippen LogP contribution < -0.4 is 5.32 Å². The van der Waals surface area contributed by atoms with E-state index in [0.717, 1.165) is 24.8 Å². The van der Waals surface area contributed by atoms with Crippen molar-refractivity contribution in [2.75, 3.05) is 38.1 Å². The molecule has 1 N–H and O–H groups in total. The zero-order valence-electron chi connectivity index (χ0n) is 12.9. The van der Waals surface area contributed by atoms with Crippen LogP contribution in [0.4, 0.5) is 5.82 Å². The summed E-state index contributed by atoms with van der Waals surface area (Å²) in [6.45, 7) is 9.63. The minimum atomic E-state index is 0.399. The van der Waals surface area contributed by atoms with Crippen LogP contribution >= 0.6 is 11.6 Å². The van der Waals surface area contributed by atoms with Gasteiger partial charge in [0.25, 0.3) is 0 Å². The van der Waals surface area contributed by atoms with E-state index < -0.39 is 0 Å². The maximum Gasteiger partial charge on any atom is 0.158 e. The largest absolute Gasteiger partial charge is 0.374 e. The van der Waals surface area contributed by atoms with Gasteiger partial charge in [-0.1, -0.05) is 18.5 Å². The predicted octanol–water partition coefficient (Wildman–Crippen LogP) is 2.81. The van der Waals surface area contributed by atoms with Gasteiger partial charge in [0.1, 0.15) is 17.6 Å². The van der Waals surface area contributed by atoms with Gasteiger partial charge in [0, 0.05) is 25.8 Å². The predicted molar refractivity (Wildman–Crippen MR) is 85.7 cm³/mol. The van der Waals surface area contributed by atoms with Crippen LogP contribution in [0.3, 0.4) is 0 Å². The highest BCUT2D eigenvalue weighted by Crippen LogP contribution is 2.16. The number of hydrogen-bond acceptors (Lipinski definition) is 5. The fraction of sp³-hybridized carbons (Fsp3) is 0.733. The average Bonchev–Trinajstić information content (AvgIpc) is 2.47. The number of halogens is 1. The number of rotatable bonds is 7. The molecule has 0 unspecified atom stereocenters. The van der Waals surface area contributed by atoms with Crippen molar-refractivity contribution in [1.29, 1.82) is 0 Å². The number of hydrogen-bond donors (Lipinski definition) is 1. The van der Waals surface area contributed by atoms with Crippen LogP contribution in [0.1, 0.15) is 32.5 Å². The fourth-order valence-corrected chi connectivity index (χ4v) is 2.64. The second kappa shape index (κ2) is 8.51. The Balaban J connectivity index is 1.78. The Kier molecular flexibility index (Phi) is 6.67. The van der Waals surface area contributed by atoms with Crippen molar-refractivity contribution in [3.8, 4) is 0 Å². The van der Waals surface area contributed by atoms with E-state index in [2.05, 4.69) is 27.1 Å². The molecular weight excluding hydrogens is 288 g/mol. The molecule has 5 nitrogen and oxygen atoms in total. The number of nitrogens with zero attached hydrogens (tertiary/aromatic N) is 3. The minimum absolute atomic E-state index is 0.399. The maximum atomic E-state index is 6.02. The van der Waals surface area contributed by atoms with Crippen molar-refractivity contribution in [2.45, 2.75) is 33.3 Å². The lowest BCUT2D eigenvalue weighted by molar-refractivity contribution is 0.128. The Morgan fingerprint density at radius 2 is 2.14 bits per heavy atom. The van der Waals surface area contributed by atoms with Crippen molar-refractivity contribution in [1.82, 2.24) is 14.9 Å². The van der Waals surface area contributed by atoms with E-state index in [-0.39, 0.29) is 0 Å². The molecule has 21 heavy (non-hydrogen) atoms. The summed E-state index contributed by atoms with van der Waals surface area (Å²) in [4.78, 5) is 11.1. The molecule has 1 aromatic heterocycles. The number of ether oxygens (including phenoxy) is 1. The van der Waals surface area contributed by atoms with E-state index in [4.69, 9.17) is 16.3 Å². The van der Waals surface area contributed by atoms with Gasteiger partial charge in [-0.25, -0.2) is 9.97 Å². The molecule has 1 aliphatic rings. The lowest BCUT2D eigenvalue weighted by Crippen LogP contribution is -2.36. The first-order chi connectivity index (χ1) is 10.2. The van der Waals surface area contributed by atoms with E-state index in [1.807, 2.05) is 6.92 Å². The summed E-state index contributed by atoms with van der Waals surface area (Å²) in [5.41, 5.74) is 0. The molecule has 1 aliphatic heterocycles. The SMILES string of the molecule is CCOCc1nc(Cl)cc(NCCN2CCC(C)CC2)n1. The molecule has 118 valence electrons. The molecule has 0 saturated carbocycles. The molecule has 0 aromatic carbocycles. The zero-order valence-corrected chi connectivity index (χ0v) is 13.7. The third-order valence-electron chi connectivity index (χ3n) is 3.79. The number of likely N-dealkylation sites (tertiary alicyclic amines) is 1. The van der Waals surface area contributed by atoms with Gasteiger partial charge in [-0.2, -0.15) is 0 Å². The van der Waals surface area contributed by atoms with Crippen LogP contribution in [-0.4, -0.2) is 47.7 Å². The van der Waals surface area contributed by atoms with Gasteiger partial charge in [-0.15, -0.1) is 0 Å². The Hall–Kier alpha value is -0.910. The highest BCUT2D eigenvalue weighted by atomic mass is 35.5. The van der Waals surface area contributed by atoms with Gasteiger partial charge >= 0.3 is 0 Å². The second-order valence-corrected chi connectivity index (χ2v) is 5.97. The highest BCUT2D eigenvalue weighted by Gasteiger charge is 2.14. The van der Waals surface area contributed by atoms with Crippen LogP contribution in [0.5, 0.6) is 0 Å². The summed E-state index contributed by atoms with van der Waals surface area (Å²) in [5.74, 6) is 2.27. The van der Waals surface area contributed by atoms with Crippen LogP contribution in [0.15, 0.2) is 6.07 Å². The smallest absolute Gasteiger partial charge is 0.158 e. The molecule has 2 heterocycles. The quantitative estimate of drug-likeness (QED) is 0.785. The lowest BCUT2D eigenvalue weighted by atomic mass is 9.99. The van der Waals surface area contributed by atoms with Gasteiger partial charge in [-0.05, 0) is 38.8 Å². The van der Waals surface area contributed by atoms with E-state index in [1.54, 1.807) is 6.07 Å². The zero-order chi connectivity index (χ0) is 15.1. The van der Waals surface area contributed by atoms with E-state index in [1.165, 1.54) is 25.9 Å². The molecule has 1 aromatic rings. The van der Waals surface area contributed by atoms with E-state index >= 15 is 0 Å². The Labute approximate surface area is 132 Å². The van der Waals surface area contributed by atoms with Gasteiger partial charge in [0.05, 0.1) is 0 Å². The standard InChI is InChI=1S/C15H25ClN4O/c1-3-21-11-15-18-13(16)10-14(19-15)17-6-9-20-7-4-12(2)5-8-20/h10,12H,3-9,11H2,1-2H3,(H,17,18,19). The monoisotopic (exact) mass is 312 g/mol. The number of piperidine rings is 1. The first-order valence-corrected chi connectivity index (χ1v) is 8.12. The third-order valence-corrected chi connectivity index (χ3v) is 3.98. The van der Waals surface area contributed by atoms with E-state index in [0.29, 0.717) is 24.2 Å². The summed E-state index contributed by atoms with van der Waals surface area (Å²) in [6, 6.07) is 1.76. The summed E-state index contributed by atoms with van der Waals surface area (Å²) in [7, 11) is 0. The van der Waals surface area contributed by atoms with Crippen molar-refractivity contribution in [3.63, 3.8) is 0 Å². The summed E-state index contributed by atoms with van der Waals surface area (Å²) in [5, 5.41) is 3.78. The van der Waals surface area contributed by atoms with Gasteiger partial charge in [0.15, 0.2) is 5.82 Å². The van der Waals surface area contributed by atoms with Crippen LogP contribution in [0, 0.1) is 5.92 Å². The van der Waals surface area contributed by atoms with Crippen molar-refractivity contribution >= 4 is 17.4 Å². The Morgan fingerprint density at radius 3 is 2.86 bits per heavy atom. The minimum Gasteiger partial charge on any atom is -0.374 e. The molecule has 0 aliphatic carbocycles. The van der Waals surface area contributed by atoms with Crippen LogP contribution in [-0.2, 0) is 11.3 Å². The van der Waals surface area contributed by atoms with Gasteiger partial charge in [-0.3, -0.25) is 0 Å². The molecule has 6 heteroatoms. The topological polar surface area (TPSA) is 50.3 Å². The van der Waals surface area contributed by atoms with Gasteiger partial charge < -0.3 is 15.0 Å². The molecule has 0 amide bonds. The van der Waals surface area contributed by atoms with Crippen molar-refractivity contribution in [2.24, 2.45) is 5.92 Å². The van der Waals surface area contributed by atoms with Crippen LogP contribution in [0.2, 0.25) is 5.15 Å². The number of anilines is 1. The molecule has 0 bridgehead atoms. The molecule has 2 rings (SSSR count). The third kappa shape index (κ3) is 5.77. The average molecular weight is 313 g/mol. The van der Waals surface area contributed by atoms with Crippen molar-refractivity contribution in [3.05, 3.63) is 17.0 Å². The second-order valence-electron chi connectivity index (χ2n) is 5.58. The maximum absolute atomic E-state index is 6.02. The van der Waals surface area contributed by atoms with E-state index in [9.17, 15) is 0 Å². The lowest BCUT2D eigenvalue weighted by Gasteiger charge is -2.30.